The Morgan fingerprint density at radius 1 is 1.21 bits per heavy atom. The highest BCUT2D eigenvalue weighted by molar-refractivity contribution is 5.60. The van der Waals surface area contributed by atoms with Crippen molar-refractivity contribution < 1.29 is 0 Å². The van der Waals surface area contributed by atoms with E-state index in [4.69, 9.17) is 0 Å². The molecule has 148 valence electrons. The van der Waals surface area contributed by atoms with E-state index in [-0.39, 0.29) is 0 Å². The summed E-state index contributed by atoms with van der Waals surface area (Å²) in [6.45, 7) is 8.09. The van der Waals surface area contributed by atoms with Gasteiger partial charge in [0.05, 0.1) is 36.7 Å². The highest BCUT2D eigenvalue weighted by Gasteiger charge is 2.12. The van der Waals surface area contributed by atoms with E-state index in [9.17, 15) is 0 Å². The van der Waals surface area contributed by atoms with Gasteiger partial charge in [0, 0.05) is 44.9 Å². The minimum Gasteiger partial charge on any atom is -0.378 e. The minimum absolute atomic E-state index is 0.580. The lowest BCUT2D eigenvalue weighted by atomic mass is 10.2. The molecule has 0 radical (unpaired) electrons. The van der Waals surface area contributed by atoms with Gasteiger partial charge in [0.1, 0.15) is 5.82 Å². The third-order valence-corrected chi connectivity index (χ3v) is 4.09. The Morgan fingerprint density at radius 3 is 2.64 bits per heavy atom. The number of benzene rings is 1. The van der Waals surface area contributed by atoms with Gasteiger partial charge in [0.15, 0.2) is 0 Å². The molecular weight excluding hydrogens is 350 g/mol. The van der Waals surface area contributed by atoms with Gasteiger partial charge >= 0.3 is 0 Å². The summed E-state index contributed by atoms with van der Waals surface area (Å²) in [4.78, 5) is 14.7. The molecule has 7 heteroatoms. The molecule has 0 unspecified atom stereocenters. The lowest BCUT2D eigenvalue weighted by Gasteiger charge is -2.14. The van der Waals surface area contributed by atoms with Crippen molar-refractivity contribution in [3.05, 3.63) is 55.0 Å². The summed E-state index contributed by atoms with van der Waals surface area (Å²) >= 11 is 0. The molecule has 0 atom stereocenters. The number of aryl methyl sites for hydroxylation is 1. The van der Waals surface area contributed by atoms with Gasteiger partial charge < -0.3 is 14.8 Å². The second kappa shape index (κ2) is 10.1. The van der Waals surface area contributed by atoms with Crippen molar-refractivity contribution in [2.45, 2.75) is 20.4 Å². The molecule has 7 nitrogen and oxygen atoms in total. The molecule has 2 aromatic heterocycles. The Labute approximate surface area is 167 Å². The summed E-state index contributed by atoms with van der Waals surface area (Å²) in [6, 6.07) is 8.26. The molecule has 0 aliphatic rings. The highest BCUT2D eigenvalue weighted by atomic mass is 15.1. The number of rotatable bonds is 7. The molecule has 0 saturated carbocycles. The average molecular weight is 380 g/mol. The van der Waals surface area contributed by atoms with Crippen LogP contribution in [-0.4, -0.2) is 39.9 Å². The van der Waals surface area contributed by atoms with Crippen LogP contribution in [0.5, 0.6) is 0 Å². The van der Waals surface area contributed by atoms with Crippen molar-refractivity contribution in [2.75, 3.05) is 24.3 Å². The number of hydrogen-bond acceptors (Lipinski definition) is 5. The summed E-state index contributed by atoms with van der Waals surface area (Å²) in [6.07, 6.45) is 8.94. The number of nitrogens with zero attached hydrogens (tertiary/aromatic N) is 6. The predicted molar refractivity (Wildman–Crippen MR) is 119 cm³/mol. The SMILES string of the molecule is C=N/C=C\n1c(-c2cncn2C)cnc1CNc1cccc(N(C)C)c1.CC. The lowest BCUT2D eigenvalue weighted by Crippen LogP contribution is -2.10. The van der Waals surface area contributed by atoms with Crippen LogP contribution in [0.2, 0.25) is 0 Å². The van der Waals surface area contributed by atoms with Crippen molar-refractivity contribution in [2.24, 2.45) is 12.0 Å². The second-order valence-corrected chi connectivity index (χ2v) is 6.10. The van der Waals surface area contributed by atoms with Crippen molar-refractivity contribution in [1.82, 2.24) is 19.1 Å². The van der Waals surface area contributed by atoms with Gasteiger partial charge in [-0.05, 0) is 24.9 Å². The van der Waals surface area contributed by atoms with Crippen LogP contribution in [0.25, 0.3) is 17.6 Å². The summed E-state index contributed by atoms with van der Waals surface area (Å²) in [5.41, 5.74) is 4.11. The van der Waals surface area contributed by atoms with Crippen LogP contribution >= 0.6 is 0 Å². The van der Waals surface area contributed by atoms with Gasteiger partial charge in [-0.25, -0.2) is 9.97 Å². The van der Waals surface area contributed by atoms with E-state index in [2.05, 4.69) is 44.0 Å². The van der Waals surface area contributed by atoms with Gasteiger partial charge in [0.2, 0.25) is 0 Å². The van der Waals surface area contributed by atoms with E-state index in [1.807, 2.05) is 74.9 Å². The van der Waals surface area contributed by atoms with Crippen LogP contribution in [0, 0.1) is 0 Å². The van der Waals surface area contributed by atoms with Gasteiger partial charge in [-0.1, -0.05) is 19.9 Å². The van der Waals surface area contributed by atoms with E-state index in [1.165, 1.54) is 0 Å². The first-order valence-corrected chi connectivity index (χ1v) is 9.26. The third kappa shape index (κ3) is 4.88. The molecule has 0 bridgehead atoms. The fourth-order valence-corrected chi connectivity index (χ4v) is 2.68. The van der Waals surface area contributed by atoms with E-state index >= 15 is 0 Å². The zero-order chi connectivity index (χ0) is 20.5. The van der Waals surface area contributed by atoms with Crippen LogP contribution in [-0.2, 0) is 13.6 Å². The fourth-order valence-electron chi connectivity index (χ4n) is 2.68. The monoisotopic (exact) mass is 379 g/mol. The number of hydrogen-bond donors (Lipinski definition) is 1. The first-order valence-electron chi connectivity index (χ1n) is 9.26. The predicted octanol–water partition coefficient (Wildman–Crippen LogP) is 4.12. The lowest BCUT2D eigenvalue weighted by molar-refractivity contribution is 0.897. The standard InChI is InChI=1S/C19H23N7.C2H6/c1-20-8-9-26-18(17-11-21-14-25(17)4)12-23-19(26)13-22-15-6-5-7-16(10-15)24(2)3;1-2/h5-12,14,22H,1,13H2,2-4H3;1-2H3/b9-8-;. The first-order chi connectivity index (χ1) is 13.6. The first kappa shape index (κ1) is 21.0. The molecule has 0 amide bonds. The molecule has 0 fully saturated rings. The second-order valence-electron chi connectivity index (χ2n) is 6.10. The summed E-state index contributed by atoms with van der Waals surface area (Å²) in [5, 5.41) is 3.43. The summed E-state index contributed by atoms with van der Waals surface area (Å²) < 4.78 is 3.95. The normalized spacial score (nSPS) is 10.5. The van der Waals surface area contributed by atoms with E-state index in [0.717, 1.165) is 28.6 Å². The Kier molecular flexibility index (Phi) is 7.56. The molecule has 0 aliphatic carbocycles. The molecule has 28 heavy (non-hydrogen) atoms. The van der Waals surface area contributed by atoms with Gasteiger partial charge in [-0.15, -0.1) is 0 Å². The fraction of sp³-hybridized carbons (Fsp3) is 0.286. The van der Waals surface area contributed by atoms with Crippen molar-refractivity contribution >= 4 is 24.3 Å². The number of imidazole rings is 2. The maximum Gasteiger partial charge on any atom is 0.132 e. The van der Waals surface area contributed by atoms with Gasteiger partial charge in [-0.2, -0.15) is 0 Å². The zero-order valence-corrected chi connectivity index (χ0v) is 17.3. The van der Waals surface area contributed by atoms with Crippen LogP contribution in [0.1, 0.15) is 19.7 Å². The molecule has 1 N–H and O–H groups in total. The largest absolute Gasteiger partial charge is 0.378 e. The summed E-state index contributed by atoms with van der Waals surface area (Å²) in [5.74, 6) is 0.872. The topological polar surface area (TPSA) is 63.3 Å². The van der Waals surface area contributed by atoms with E-state index in [0.29, 0.717) is 6.54 Å². The smallest absolute Gasteiger partial charge is 0.132 e. The number of aromatic nitrogens is 4. The maximum atomic E-state index is 4.57. The Balaban J connectivity index is 0.00000136. The number of anilines is 2. The quantitative estimate of drug-likeness (QED) is 0.627. The van der Waals surface area contributed by atoms with Crippen LogP contribution < -0.4 is 10.2 Å². The zero-order valence-electron chi connectivity index (χ0n) is 17.3. The maximum absolute atomic E-state index is 4.57. The molecule has 0 aliphatic heterocycles. The molecule has 1 aromatic carbocycles. The van der Waals surface area contributed by atoms with Gasteiger partial charge in [0.25, 0.3) is 0 Å². The van der Waals surface area contributed by atoms with Crippen LogP contribution in [0.15, 0.2) is 54.2 Å². The molecule has 0 spiro atoms. The van der Waals surface area contributed by atoms with Gasteiger partial charge in [-0.3, -0.25) is 9.56 Å². The van der Waals surface area contributed by atoms with E-state index < -0.39 is 0 Å². The molecular formula is C21H29N7. The van der Waals surface area contributed by atoms with E-state index in [1.54, 1.807) is 12.5 Å². The number of nitrogens with one attached hydrogen (secondary N) is 1. The highest BCUT2D eigenvalue weighted by Crippen LogP contribution is 2.22. The number of aliphatic imine (C=N–C) groups is 1. The van der Waals surface area contributed by atoms with Crippen molar-refractivity contribution in [3.63, 3.8) is 0 Å². The molecule has 3 aromatic rings. The summed E-state index contributed by atoms with van der Waals surface area (Å²) in [7, 11) is 6.01. The molecule has 3 rings (SSSR count). The average Bonchev–Trinajstić information content (AvgIpc) is 3.31. The Morgan fingerprint density at radius 2 is 2.00 bits per heavy atom. The Hall–Kier alpha value is -3.35. The third-order valence-electron chi connectivity index (χ3n) is 4.09. The minimum atomic E-state index is 0.580. The van der Waals surface area contributed by atoms with Crippen molar-refractivity contribution in [3.8, 4) is 11.4 Å². The Bertz CT molecular complexity index is 918. The molecule has 2 heterocycles. The molecule has 0 saturated heterocycles. The van der Waals surface area contributed by atoms with Crippen molar-refractivity contribution in [1.29, 1.82) is 0 Å². The van der Waals surface area contributed by atoms with Crippen LogP contribution in [0.4, 0.5) is 11.4 Å². The van der Waals surface area contributed by atoms with Crippen LogP contribution in [0.3, 0.4) is 0 Å².